The number of rotatable bonds is 2. The molecule has 0 heteroatoms. The molecule has 0 bridgehead atoms. The molecule has 10 heavy (non-hydrogen) atoms. The van der Waals surface area contributed by atoms with Crippen LogP contribution in [0.5, 0.6) is 0 Å². The van der Waals surface area contributed by atoms with Crippen LogP contribution < -0.4 is 0 Å². The number of allylic oxidation sites excluding steroid dienone is 6. The van der Waals surface area contributed by atoms with Gasteiger partial charge in [0.1, 0.15) is 0 Å². The van der Waals surface area contributed by atoms with Gasteiger partial charge in [0.2, 0.25) is 0 Å². The van der Waals surface area contributed by atoms with Crippen molar-refractivity contribution in [2.45, 2.75) is 12.8 Å². The van der Waals surface area contributed by atoms with Gasteiger partial charge in [-0.05, 0) is 24.0 Å². The molecule has 0 spiro atoms. The first-order valence-electron chi connectivity index (χ1n) is 3.49. The molecule has 0 N–H and O–H groups in total. The summed E-state index contributed by atoms with van der Waals surface area (Å²) >= 11 is 0. The predicted octanol–water partition coefficient (Wildman–Crippen LogP) is 3.01. The standard InChI is InChI=1S/C10H12/c1-3-9-6-5-7-10(4-2)8-9/h3-4,6-7H,1-2,5,8H2. The zero-order valence-electron chi connectivity index (χ0n) is 6.14. The highest BCUT2D eigenvalue weighted by atomic mass is 14.0. The molecule has 0 heterocycles. The van der Waals surface area contributed by atoms with E-state index in [9.17, 15) is 0 Å². The normalized spacial score (nSPS) is 17.2. The molecule has 0 unspecified atom stereocenters. The van der Waals surface area contributed by atoms with Crippen molar-refractivity contribution < 1.29 is 0 Å². The average molecular weight is 132 g/mol. The van der Waals surface area contributed by atoms with E-state index < -0.39 is 0 Å². The zero-order chi connectivity index (χ0) is 7.40. The third-order valence-electron chi connectivity index (χ3n) is 1.69. The van der Waals surface area contributed by atoms with Crippen LogP contribution in [-0.2, 0) is 0 Å². The van der Waals surface area contributed by atoms with E-state index in [4.69, 9.17) is 0 Å². The predicted molar refractivity (Wildman–Crippen MR) is 45.8 cm³/mol. The Morgan fingerprint density at radius 1 is 1.10 bits per heavy atom. The maximum absolute atomic E-state index is 3.72. The molecule has 1 rings (SSSR count). The lowest BCUT2D eigenvalue weighted by atomic mass is 9.98. The minimum absolute atomic E-state index is 1.01. The quantitative estimate of drug-likeness (QED) is 0.541. The Labute approximate surface area is 62.3 Å². The van der Waals surface area contributed by atoms with Crippen molar-refractivity contribution in [1.29, 1.82) is 0 Å². The van der Waals surface area contributed by atoms with Crippen LogP contribution in [-0.4, -0.2) is 0 Å². The minimum atomic E-state index is 1.01. The molecule has 0 aromatic heterocycles. The summed E-state index contributed by atoms with van der Waals surface area (Å²) in [4.78, 5) is 0. The van der Waals surface area contributed by atoms with Crippen molar-refractivity contribution in [2.24, 2.45) is 0 Å². The van der Waals surface area contributed by atoms with E-state index in [2.05, 4.69) is 25.3 Å². The van der Waals surface area contributed by atoms with E-state index in [1.54, 1.807) is 0 Å². The van der Waals surface area contributed by atoms with E-state index in [-0.39, 0.29) is 0 Å². The highest BCUT2D eigenvalue weighted by Gasteiger charge is 1.99. The Morgan fingerprint density at radius 2 is 1.60 bits per heavy atom. The summed E-state index contributed by atoms with van der Waals surface area (Å²) in [5, 5.41) is 0. The van der Waals surface area contributed by atoms with Crippen molar-refractivity contribution in [1.82, 2.24) is 0 Å². The molecule has 1 aliphatic carbocycles. The molecule has 0 saturated carbocycles. The van der Waals surface area contributed by atoms with Gasteiger partial charge in [0.25, 0.3) is 0 Å². The zero-order valence-corrected chi connectivity index (χ0v) is 6.14. The topological polar surface area (TPSA) is 0 Å². The number of hydrogen-bond acceptors (Lipinski definition) is 0. The monoisotopic (exact) mass is 132 g/mol. The first-order chi connectivity index (χ1) is 4.86. The smallest absolute Gasteiger partial charge is 0.00323 e. The van der Waals surface area contributed by atoms with Gasteiger partial charge in [-0.1, -0.05) is 37.5 Å². The van der Waals surface area contributed by atoms with Crippen molar-refractivity contribution in [3.63, 3.8) is 0 Å². The second-order valence-electron chi connectivity index (χ2n) is 2.38. The van der Waals surface area contributed by atoms with Crippen LogP contribution in [0.25, 0.3) is 0 Å². The first-order valence-corrected chi connectivity index (χ1v) is 3.49. The van der Waals surface area contributed by atoms with Crippen LogP contribution in [0.1, 0.15) is 12.8 Å². The van der Waals surface area contributed by atoms with Gasteiger partial charge in [0, 0.05) is 0 Å². The maximum Gasteiger partial charge on any atom is -0.00323 e. The molecule has 0 atom stereocenters. The SMILES string of the molecule is C=CC1=CCC=C(C=C)C1. The largest absolute Gasteiger partial charge is 0.0988 e. The van der Waals surface area contributed by atoms with Gasteiger partial charge in [-0.2, -0.15) is 0 Å². The van der Waals surface area contributed by atoms with Gasteiger partial charge < -0.3 is 0 Å². The maximum atomic E-state index is 3.72. The summed E-state index contributed by atoms with van der Waals surface area (Å²) in [6.45, 7) is 7.45. The second kappa shape index (κ2) is 3.21. The van der Waals surface area contributed by atoms with Gasteiger partial charge in [0.05, 0.1) is 0 Å². The van der Waals surface area contributed by atoms with E-state index >= 15 is 0 Å². The molecule has 0 fully saturated rings. The van der Waals surface area contributed by atoms with Gasteiger partial charge in [0.15, 0.2) is 0 Å². The Bertz CT molecular complexity index is 182. The van der Waals surface area contributed by atoms with Crippen LogP contribution in [0.4, 0.5) is 0 Å². The Balaban J connectivity index is 2.65. The fourth-order valence-corrected chi connectivity index (χ4v) is 1.05. The third-order valence-corrected chi connectivity index (χ3v) is 1.69. The van der Waals surface area contributed by atoms with Gasteiger partial charge in [-0.25, -0.2) is 0 Å². The van der Waals surface area contributed by atoms with Crippen molar-refractivity contribution in [3.05, 3.63) is 48.6 Å². The summed E-state index contributed by atoms with van der Waals surface area (Å²) < 4.78 is 0. The third kappa shape index (κ3) is 1.47. The Kier molecular flexibility index (Phi) is 2.27. The Morgan fingerprint density at radius 3 is 2.00 bits per heavy atom. The minimum Gasteiger partial charge on any atom is -0.0988 e. The van der Waals surface area contributed by atoms with Crippen LogP contribution in [0.15, 0.2) is 48.6 Å². The molecule has 0 saturated heterocycles. The van der Waals surface area contributed by atoms with Gasteiger partial charge in [-0.3, -0.25) is 0 Å². The summed E-state index contributed by atoms with van der Waals surface area (Å²) in [5.74, 6) is 0. The molecular formula is C10H12. The number of hydrogen-bond donors (Lipinski definition) is 0. The molecule has 0 amide bonds. The molecule has 0 nitrogen and oxygen atoms in total. The molecule has 52 valence electrons. The van der Waals surface area contributed by atoms with E-state index in [0.29, 0.717) is 0 Å². The van der Waals surface area contributed by atoms with E-state index in [1.165, 1.54) is 11.1 Å². The van der Waals surface area contributed by atoms with Crippen LogP contribution in [0, 0.1) is 0 Å². The molecule has 0 aromatic rings. The van der Waals surface area contributed by atoms with Crippen molar-refractivity contribution in [3.8, 4) is 0 Å². The fraction of sp³-hybridized carbons (Fsp3) is 0.200. The summed E-state index contributed by atoms with van der Waals surface area (Å²) in [6.07, 6.45) is 10.3. The molecule has 0 radical (unpaired) electrons. The summed E-state index contributed by atoms with van der Waals surface area (Å²) in [6, 6.07) is 0. The lowest BCUT2D eigenvalue weighted by Crippen LogP contribution is -1.87. The highest BCUT2D eigenvalue weighted by molar-refractivity contribution is 5.33. The van der Waals surface area contributed by atoms with E-state index in [0.717, 1.165) is 12.8 Å². The van der Waals surface area contributed by atoms with Crippen LogP contribution >= 0.6 is 0 Å². The highest BCUT2D eigenvalue weighted by Crippen LogP contribution is 2.19. The lowest BCUT2D eigenvalue weighted by molar-refractivity contribution is 1.11. The van der Waals surface area contributed by atoms with Crippen molar-refractivity contribution in [2.75, 3.05) is 0 Å². The summed E-state index contributed by atoms with van der Waals surface area (Å²) in [7, 11) is 0. The first kappa shape index (κ1) is 7.07. The van der Waals surface area contributed by atoms with Crippen LogP contribution in [0.3, 0.4) is 0 Å². The van der Waals surface area contributed by atoms with E-state index in [1.807, 2.05) is 12.2 Å². The van der Waals surface area contributed by atoms with Crippen molar-refractivity contribution >= 4 is 0 Å². The van der Waals surface area contributed by atoms with Crippen LogP contribution in [0.2, 0.25) is 0 Å². The summed E-state index contributed by atoms with van der Waals surface area (Å²) in [5.41, 5.74) is 2.63. The molecule has 1 aliphatic rings. The van der Waals surface area contributed by atoms with Gasteiger partial charge >= 0.3 is 0 Å². The molecular weight excluding hydrogens is 120 g/mol. The second-order valence-corrected chi connectivity index (χ2v) is 2.38. The molecule has 0 aliphatic heterocycles. The van der Waals surface area contributed by atoms with Gasteiger partial charge in [-0.15, -0.1) is 0 Å². The lowest BCUT2D eigenvalue weighted by Gasteiger charge is -2.07. The fourth-order valence-electron chi connectivity index (χ4n) is 1.05. The average Bonchev–Trinajstić information content (AvgIpc) is 2.05. The Hall–Kier alpha value is -1.04. The molecule has 0 aromatic carbocycles.